The summed E-state index contributed by atoms with van der Waals surface area (Å²) in [6.07, 6.45) is 7.29. The number of hydrogen-bond donors (Lipinski definition) is 1. The number of hydrogen-bond acceptors (Lipinski definition) is 7. The van der Waals surface area contributed by atoms with Crippen LogP contribution in [0.2, 0.25) is 0 Å². The molecule has 2 atom stereocenters. The van der Waals surface area contributed by atoms with Crippen LogP contribution in [0.25, 0.3) is 10.6 Å². The zero-order chi connectivity index (χ0) is 22.0. The van der Waals surface area contributed by atoms with Crippen LogP contribution in [0.3, 0.4) is 0 Å². The number of pyridine rings is 1. The smallest absolute Gasteiger partial charge is 0.210 e. The van der Waals surface area contributed by atoms with Gasteiger partial charge in [-0.3, -0.25) is 4.79 Å². The van der Waals surface area contributed by atoms with Gasteiger partial charge in [0.05, 0.1) is 21.3 Å². The van der Waals surface area contributed by atoms with Gasteiger partial charge in [0.25, 0.3) is 0 Å². The van der Waals surface area contributed by atoms with Crippen LogP contribution in [0.4, 0.5) is 10.9 Å². The van der Waals surface area contributed by atoms with Crippen LogP contribution in [0.5, 0.6) is 0 Å². The van der Waals surface area contributed by atoms with E-state index in [1.807, 2.05) is 44.0 Å². The van der Waals surface area contributed by atoms with Gasteiger partial charge in [-0.15, -0.1) is 22.7 Å². The van der Waals surface area contributed by atoms with Gasteiger partial charge in [0.2, 0.25) is 6.41 Å². The van der Waals surface area contributed by atoms with Crippen LogP contribution in [0.15, 0.2) is 35.9 Å². The number of anilines is 2. The first-order chi connectivity index (χ1) is 14.9. The Bertz CT molecular complexity index is 1060. The Labute approximate surface area is 191 Å². The van der Waals surface area contributed by atoms with Crippen LogP contribution < -0.4 is 5.32 Å². The fraction of sp³-hybridized carbons (Fsp3) is 0.391. The molecule has 31 heavy (non-hydrogen) atoms. The first-order valence-corrected chi connectivity index (χ1v) is 12.1. The number of piperidine rings is 1. The van der Waals surface area contributed by atoms with Crippen molar-refractivity contribution in [1.82, 2.24) is 19.9 Å². The summed E-state index contributed by atoms with van der Waals surface area (Å²) >= 11 is 3.26. The van der Waals surface area contributed by atoms with E-state index in [0.717, 1.165) is 57.0 Å². The first-order valence-electron chi connectivity index (χ1n) is 10.4. The summed E-state index contributed by atoms with van der Waals surface area (Å²) in [4.78, 5) is 27.1. The average Bonchev–Trinajstić information content (AvgIpc) is 3.40. The highest BCUT2D eigenvalue weighted by molar-refractivity contribution is 7.16. The zero-order valence-corrected chi connectivity index (χ0v) is 19.7. The quantitative estimate of drug-likeness (QED) is 0.408. The Morgan fingerprint density at radius 2 is 1.90 bits per heavy atom. The lowest BCUT2D eigenvalue weighted by Crippen LogP contribution is -2.38. The van der Waals surface area contributed by atoms with E-state index in [2.05, 4.69) is 32.2 Å². The molecule has 6 nitrogen and oxygen atoms in total. The lowest BCUT2D eigenvalue weighted by atomic mass is 9.99. The highest BCUT2D eigenvalue weighted by Gasteiger charge is 2.36. The standard InChI is InChI=1S/C14H14N4S2.C9H13NO/c1-8-4-5-12(15-6-8)18-14-17-11(7-19-14)13-9(2)16-10(3)20-13;1-7-4-8-2-3-9(5-7)10(8)6-11/h4-7H,1-3H3,(H,15,17,18);6,8-9H,1-5H2/t;8-,9?/m.0/s1. The number of rotatable bonds is 4. The van der Waals surface area contributed by atoms with E-state index < -0.39 is 0 Å². The van der Waals surface area contributed by atoms with Gasteiger partial charge in [0.15, 0.2) is 5.13 Å². The van der Waals surface area contributed by atoms with Crippen LogP contribution in [-0.2, 0) is 4.79 Å². The van der Waals surface area contributed by atoms with Crippen molar-refractivity contribution in [2.24, 2.45) is 0 Å². The Morgan fingerprint density at radius 3 is 2.48 bits per heavy atom. The van der Waals surface area contributed by atoms with Crippen molar-refractivity contribution < 1.29 is 4.79 Å². The molecule has 2 saturated heterocycles. The second-order valence-electron chi connectivity index (χ2n) is 8.13. The molecule has 1 N–H and O–H groups in total. The largest absolute Gasteiger partial charge is 0.339 e. The fourth-order valence-corrected chi connectivity index (χ4v) is 5.84. The predicted molar refractivity (Wildman–Crippen MR) is 128 cm³/mol. The van der Waals surface area contributed by atoms with E-state index in [1.54, 1.807) is 22.7 Å². The number of aromatic nitrogens is 3. The Kier molecular flexibility index (Phi) is 6.48. The molecule has 0 radical (unpaired) electrons. The molecule has 2 aliphatic heterocycles. The summed E-state index contributed by atoms with van der Waals surface area (Å²) in [6.45, 7) is 10.0. The number of thiazole rings is 2. The van der Waals surface area contributed by atoms with Crippen molar-refractivity contribution in [2.45, 2.75) is 58.5 Å². The number of aryl methyl sites for hydroxylation is 3. The highest BCUT2D eigenvalue weighted by Crippen LogP contribution is 2.36. The summed E-state index contributed by atoms with van der Waals surface area (Å²) in [5, 5.41) is 7.20. The van der Waals surface area contributed by atoms with Crippen molar-refractivity contribution in [3.05, 3.63) is 52.1 Å². The maximum Gasteiger partial charge on any atom is 0.210 e. The number of nitrogens with zero attached hydrogens (tertiary/aromatic N) is 4. The van der Waals surface area contributed by atoms with Gasteiger partial charge in [-0.2, -0.15) is 0 Å². The summed E-state index contributed by atoms with van der Waals surface area (Å²) in [6, 6.07) is 4.96. The van der Waals surface area contributed by atoms with Gasteiger partial charge in [-0.05, 0) is 58.1 Å². The summed E-state index contributed by atoms with van der Waals surface area (Å²) in [5.41, 5.74) is 4.49. The molecule has 5 rings (SSSR count). The third-order valence-electron chi connectivity index (χ3n) is 5.63. The molecule has 2 fully saturated rings. The minimum atomic E-state index is 0.485. The predicted octanol–water partition coefficient (Wildman–Crippen LogP) is 5.66. The Balaban J connectivity index is 0.000000177. The van der Waals surface area contributed by atoms with Crippen molar-refractivity contribution in [3.8, 4) is 10.6 Å². The molecule has 162 valence electrons. The third kappa shape index (κ3) is 5.02. The van der Waals surface area contributed by atoms with Crippen molar-refractivity contribution in [3.63, 3.8) is 0 Å². The molecule has 3 aromatic rings. The zero-order valence-electron chi connectivity index (χ0n) is 18.1. The molecule has 8 heteroatoms. The molecule has 0 aromatic carbocycles. The van der Waals surface area contributed by atoms with Gasteiger partial charge in [0, 0.05) is 23.7 Å². The van der Waals surface area contributed by atoms with Crippen LogP contribution in [-0.4, -0.2) is 38.3 Å². The van der Waals surface area contributed by atoms with E-state index in [4.69, 9.17) is 0 Å². The molecular weight excluding hydrogens is 426 g/mol. The number of carbonyl (C=O) groups is 1. The number of carbonyl (C=O) groups excluding carboxylic acids is 1. The normalized spacial score (nSPS) is 19.7. The number of amides is 1. The first kappa shape index (κ1) is 21.6. The van der Waals surface area contributed by atoms with Gasteiger partial charge in [0.1, 0.15) is 5.82 Å². The van der Waals surface area contributed by atoms with Gasteiger partial charge < -0.3 is 10.2 Å². The third-order valence-corrected chi connectivity index (χ3v) is 7.49. The van der Waals surface area contributed by atoms with E-state index in [1.165, 1.54) is 18.4 Å². The summed E-state index contributed by atoms with van der Waals surface area (Å²) in [5.74, 6) is 0.814. The minimum Gasteiger partial charge on any atom is -0.339 e. The lowest BCUT2D eigenvalue weighted by Gasteiger charge is -2.32. The fourth-order valence-electron chi connectivity index (χ4n) is 4.17. The average molecular weight is 454 g/mol. The molecule has 5 heterocycles. The monoisotopic (exact) mass is 453 g/mol. The maximum absolute atomic E-state index is 10.6. The number of fused-ring (bicyclic) bond motifs is 2. The van der Waals surface area contributed by atoms with E-state index >= 15 is 0 Å². The summed E-state index contributed by atoms with van der Waals surface area (Å²) < 4.78 is 0. The topological polar surface area (TPSA) is 71.0 Å². The van der Waals surface area contributed by atoms with Crippen LogP contribution in [0.1, 0.15) is 41.9 Å². The molecule has 2 bridgehead atoms. The van der Waals surface area contributed by atoms with Crippen molar-refractivity contribution >= 4 is 40.0 Å². The maximum atomic E-state index is 10.6. The lowest BCUT2D eigenvalue weighted by molar-refractivity contribution is -0.121. The molecule has 1 unspecified atom stereocenters. The van der Waals surface area contributed by atoms with Crippen LogP contribution in [0, 0.1) is 20.8 Å². The van der Waals surface area contributed by atoms with E-state index in [-0.39, 0.29) is 0 Å². The minimum absolute atomic E-state index is 0.485. The SMILES string of the molecule is C=C1CC2CC[C@@H](C1)N2C=O.Cc1ccc(Nc2nc(-c3sc(C)nc3C)cs2)nc1. The molecule has 3 aromatic heterocycles. The Morgan fingerprint density at radius 1 is 1.16 bits per heavy atom. The van der Waals surface area contributed by atoms with Gasteiger partial charge in [-0.25, -0.2) is 15.0 Å². The summed E-state index contributed by atoms with van der Waals surface area (Å²) in [7, 11) is 0. The molecular formula is C23H27N5OS2. The van der Waals surface area contributed by atoms with Crippen molar-refractivity contribution in [2.75, 3.05) is 5.32 Å². The van der Waals surface area contributed by atoms with Gasteiger partial charge in [-0.1, -0.05) is 18.2 Å². The van der Waals surface area contributed by atoms with E-state index in [0.29, 0.717) is 12.1 Å². The van der Waals surface area contributed by atoms with Crippen LogP contribution >= 0.6 is 22.7 Å². The van der Waals surface area contributed by atoms with Gasteiger partial charge >= 0.3 is 0 Å². The molecule has 0 saturated carbocycles. The molecule has 1 amide bonds. The second-order valence-corrected chi connectivity index (χ2v) is 10.2. The second kappa shape index (κ2) is 9.28. The molecule has 2 aliphatic rings. The van der Waals surface area contributed by atoms with Crippen molar-refractivity contribution in [1.29, 1.82) is 0 Å². The number of nitrogens with one attached hydrogen (secondary N) is 1. The molecule has 0 spiro atoms. The Hall–Kier alpha value is -2.58. The molecule has 0 aliphatic carbocycles. The highest BCUT2D eigenvalue weighted by atomic mass is 32.1. The van der Waals surface area contributed by atoms with E-state index in [9.17, 15) is 4.79 Å².